The highest BCUT2D eigenvalue weighted by molar-refractivity contribution is 5.77. The van der Waals surface area contributed by atoms with Gasteiger partial charge in [-0.1, -0.05) is 20.8 Å². The molecule has 0 saturated carbocycles. The van der Waals surface area contributed by atoms with Crippen molar-refractivity contribution < 1.29 is 14.7 Å². The number of aliphatic carboxylic acids is 1. The van der Waals surface area contributed by atoms with Gasteiger partial charge in [-0.15, -0.1) is 0 Å². The molecule has 0 aliphatic carbocycles. The fraction of sp³-hybridized carbons (Fsp3) is 0.857. The van der Waals surface area contributed by atoms with Gasteiger partial charge in [0.1, 0.15) is 0 Å². The fourth-order valence-electron chi connectivity index (χ4n) is 2.35. The highest BCUT2D eigenvalue weighted by Gasteiger charge is 2.29. The zero-order valence-electron chi connectivity index (χ0n) is 12.2. The van der Waals surface area contributed by atoms with Gasteiger partial charge in [0.25, 0.3) is 0 Å². The van der Waals surface area contributed by atoms with Gasteiger partial charge in [0.05, 0.1) is 6.42 Å². The van der Waals surface area contributed by atoms with E-state index >= 15 is 0 Å². The summed E-state index contributed by atoms with van der Waals surface area (Å²) in [5, 5.41) is 15.1. The van der Waals surface area contributed by atoms with Gasteiger partial charge >= 0.3 is 5.97 Å². The van der Waals surface area contributed by atoms with E-state index < -0.39 is 5.97 Å². The third-order valence-electron chi connectivity index (χ3n) is 3.69. The molecule has 1 aliphatic rings. The first-order chi connectivity index (χ1) is 8.79. The predicted octanol–water partition coefficient (Wildman–Crippen LogP) is 1.38. The predicted molar refractivity (Wildman–Crippen MR) is 73.8 cm³/mol. The van der Waals surface area contributed by atoms with E-state index in [1.165, 1.54) is 0 Å². The second-order valence-electron chi connectivity index (χ2n) is 6.48. The molecule has 1 fully saturated rings. The summed E-state index contributed by atoms with van der Waals surface area (Å²) in [6, 6.07) is -0.320. The van der Waals surface area contributed by atoms with Crippen LogP contribution in [0, 0.1) is 11.3 Å². The van der Waals surface area contributed by atoms with Crippen LogP contribution in [-0.4, -0.2) is 36.1 Å². The minimum absolute atomic E-state index is 0.0203. The van der Waals surface area contributed by atoms with Crippen molar-refractivity contribution in [1.82, 2.24) is 10.6 Å². The highest BCUT2D eigenvalue weighted by atomic mass is 16.4. The van der Waals surface area contributed by atoms with Crippen molar-refractivity contribution in [2.24, 2.45) is 11.3 Å². The molecule has 1 amide bonds. The SMILES string of the molecule is CC(C)(C)C(CC(=O)O)NC(=O)CC1CCNCC1. The van der Waals surface area contributed by atoms with Crippen LogP contribution < -0.4 is 10.6 Å². The summed E-state index contributed by atoms with van der Waals surface area (Å²) >= 11 is 0. The van der Waals surface area contributed by atoms with Crippen LogP contribution >= 0.6 is 0 Å². The Morgan fingerprint density at radius 2 is 1.89 bits per heavy atom. The lowest BCUT2D eigenvalue weighted by molar-refractivity contribution is -0.138. The lowest BCUT2D eigenvalue weighted by Gasteiger charge is -2.31. The lowest BCUT2D eigenvalue weighted by Crippen LogP contribution is -2.45. The van der Waals surface area contributed by atoms with Crippen molar-refractivity contribution >= 4 is 11.9 Å². The Bertz CT molecular complexity index is 317. The van der Waals surface area contributed by atoms with E-state index in [0.717, 1.165) is 25.9 Å². The summed E-state index contributed by atoms with van der Waals surface area (Å²) in [5.41, 5.74) is -0.248. The molecule has 5 heteroatoms. The maximum absolute atomic E-state index is 12.0. The second-order valence-corrected chi connectivity index (χ2v) is 6.48. The minimum Gasteiger partial charge on any atom is -0.481 e. The first kappa shape index (κ1) is 16.0. The van der Waals surface area contributed by atoms with Crippen LogP contribution in [0.1, 0.15) is 46.5 Å². The molecule has 0 aromatic rings. The molecule has 5 nitrogen and oxygen atoms in total. The molecule has 0 radical (unpaired) electrons. The maximum Gasteiger partial charge on any atom is 0.305 e. The van der Waals surface area contributed by atoms with Crippen molar-refractivity contribution in [3.05, 3.63) is 0 Å². The van der Waals surface area contributed by atoms with Crippen molar-refractivity contribution in [2.75, 3.05) is 13.1 Å². The number of carbonyl (C=O) groups excluding carboxylic acids is 1. The van der Waals surface area contributed by atoms with Crippen LogP contribution in [0.2, 0.25) is 0 Å². The molecule has 1 atom stereocenters. The van der Waals surface area contributed by atoms with Crippen molar-refractivity contribution in [2.45, 2.75) is 52.5 Å². The third-order valence-corrected chi connectivity index (χ3v) is 3.69. The van der Waals surface area contributed by atoms with Crippen LogP contribution in [0.15, 0.2) is 0 Å². The average molecular weight is 270 g/mol. The first-order valence-corrected chi connectivity index (χ1v) is 7.01. The van der Waals surface area contributed by atoms with Crippen LogP contribution in [0.4, 0.5) is 0 Å². The summed E-state index contributed by atoms with van der Waals surface area (Å²) < 4.78 is 0. The zero-order valence-corrected chi connectivity index (χ0v) is 12.2. The number of carbonyl (C=O) groups is 2. The Hall–Kier alpha value is -1.10. The summed E-state index contributed by atoms with van der Waals surface area (Å²) in [7, 11) is 0. The summed E-state index contributed by atoms with van der Waals surface area (Å²) in [6.45, 7) is 7.79. The topological polar surface area (TPSA) is 78.4 Å². The van der Waals surface area contributed by atoms with Crippen molar-refractivity contribution in [3.8, 4) is 0 Å². The Morgan fingerprint density at radius 3 is 2.37 bits per heavy atom. The molecule has 3 N–H and O–H groups in total. The monoisotopic (exact) mass is 270 g/mol. The van der Waals surface area contributed by atoms with Gasteiger partial charge in [-0.2, -0.15) is 0 Å². The van der Waals surface area contributed by atoms with E-state index in [0.29, 0.717) is 12.3 Å². The van der Waals surface area contributed by atoms with E-state index in [4.69, 9.17) is 5.11 Å². The number of carboxylic acids is 1. The Labute approximate surface area is 115 Å². The van der Waals surface area contributed by atoms with Crippen LogP contribution in [0.3, 0.4) is 0 Å². The number of amides is 1. The van der Waals surface area contributed by atoms with E-state index in [-0.39, 0.29) is 23.8 Å². The molecule has 0 aromatic carbocycles. The summed E-state index contributed by atoms with van der Waals surface area (Å²) in [6.07, 6.45) is 2.52. The van der Waals surface area contributed by atoms with Crippen molar-refractivity contribution in [3.63, 3.8) is 0 Å². The smallest absolute Gasteiger partial charge is 0.305 e. The molecule has 110 valence electrons. The standard InChI is InChI=1S/C14H26N2O3/c1-14(2,3)11(9-13(18)19)16-12(17)8-10-4-6-15-7-5-10/h10-11,15H,4-9H2,1-3H3,(H,16,17)(H,18,19). The van der Waals surface area contributed by atoms with Crippen LogP contribution in [-0.2, 0) is 9.59 Å². The van der Waals surface area contributed by atoms with Gasteiger partial charge < -0.3 is 15.7 Å². The van der Waals surface area contributed by atoms with Crippen LogP contribution in [0.25, 0.3) is 0 Å². The number of piperidine rings is 1. The minimum atomic E-state index is -0.873. The molecule has 1 saturated heterocycles. The summed E-state index contributed by atoms with van der Waals surface area (Å²) in [4.78, 5) is 22.9. The Kier molecular flexibility index (Phi) is 5.79. The summed E-state index contributed by atoms with van der Waals surface area (Å²) in [5.74, 6) is -0.470. The molecule has 1 rings (SSSR count). The third kappa shape index (κ3) is 6.05. The quantitative estimate of drug-likeness (QED) is 0.705. The molecular formula is C14H26N2O3. The van der Waals surface area contributed by atoms with Crippen molar-refractivity contribution in [1.29, 1.82) is 0 Å². The molecule has 1 aliphatic heterocycles. The van der Waals surface area contributed by atoms with Gasteiger partial charge in [0.2, 0.25) is 5.91 Å². The van der Waals surface area contributed by atoms with Gasteiger partial charge in [-0.25, -0.2) is 0 Å². The van der Waals surface area contributed by atoms with E-state index in [1.54, 1.807) is 0 Å². The average Bonchev–Trinajstić information content (AvgIpc) is 2.27. The maximum atomic E-state index is 12.0. The molecule has 0 aromatic heterocycles. The number of carboxylic acid groups (broad SMARTS) is 1. The molecule has 1 unspecified atom stereocenters. The Balaban J connectivity index is 2.48. The molecule has 0 bridgehead atoms. The highest BCUT2D eigenvalue weighted by Crippen LogP contribution is 2.23. The largest absolute Gasteiger partial charge is 0.481 e. The second kappa shape index (κ2) is 6.89. The Morgan fingerprint density at radius 1 is 1.32 bits per heavy atom. The van der Waals surface area contributed by atoms with E-state index in [9.17, 15) is 9.59 Å². The van der Waals surface area contributed by atoms with Gasteiger partial charge in [-0.3, -0.25) is 9.59 Å². The van der Waals surface area contributed by atoms with Gasteiger partial charge in [0, 0.05) is 12.5 Å². The lowest BCUT2D eigenvalue weighted by atomic mass is 9.84. The van der Waals surface area contributed by atoms with Gasteiger partial charge in [-0.05, 0) is 37.3 Å². The number of hydrogen-bond acceptors (Lipinski definition) is 3. The van der Waals surface area contributed by atoms with Gasteiger partial charge in [0.15, 0.2) is 0 Å². The number of nitrogens with one attached hydrogen (secondary N) is 2. The number of rotatable bonds is 5. The normalized spacial score (nSPS) is 18.9. The molecule has 19 heavy (non-hydrogen) atoms. The van der Waals surface area contributed by atoms with E-state index in [2.05, 4.69) is 10.6 Å². The molecule has 0 spiro atoms. The van der Waals surface area contributed by atoms with E-state index in [1.807, 2.05) is 20.8 Å². The first-order valence-electron chi connectivity index (χ1n) is 7.01. The zero-order chi connectivity index (χ0) is 14.5. The molecular weight excluding hydrogens is 244 g/mol. The fourth-order valence-corrected chi connectivity index (χ4v) is 2.35. The number of hydrogen-bond donors (Lipinski definition) is 3. The van der Waals surface area contributed by atoms with Crippen LogP contribution in [0.5, 0.6) is 0 Å². The molecule has 1 heterocycles.